The van der Waals surface area contributed by atoms with Gasteiger partial charge in [0.15, 0.2) is 0 Å². The van der Waals surface area contributed by atoms with Crippen LogP contribution in [-0.4, -0.2) is 24.0 Å². The van der Waals surface area contributed by atoms with Gasteiger partial charge >= 0.3 is 6.03 Å². The molecule has 0 fully saturated rings. The van der Waals surface area contributed by atoms with Gasteiger partial charge in [-0.25, -0.2) is 4.79 Å². The Morgan fingerprint density at radius 2 is 1.93 bits per heavy atom. The molecule has 0 aliphatic rings. The molecule has 1 aromatic rings. The maximum absolute atomic E-state index is 11.1. The van der Waals surface area contributed by atoms with Crippen molar-refractivity contribution in [3.63, 3.8) is 0 Å². The first-order valence-corrected chi connectivity index (χ1v) is 5.70. The summed E-state index contributed by atoms with van der Waals surface area (Å²) in [6, 6.07) is 7.52. The highest BCUT2D eigenvalue weighted by Crippen LogP contribution is 2.08. The number of urea groups is 1. The van der Waals surface area contributed by atoms with Crippen molar-refractivity contribution in [1.29, 1.82) is 0 Å². The van der Waals surface area contributed by atoms with Crippen molar-refractivity contribution < 1.29 is 4.79 Å². The van der Waals surface area contributed by atoms with Gasteiger partial charge in [-0.2, -0.15) is 0 Å². The fourth-order valence-electron chi connectivity index (χ4n) is 1.23. The summed E-state index contributed by atoms with van der Waals surface area (Å²) in [7, 11) is 0. The molecule has 4 N–H and O–H groups in total. The van der Waals surface area contributed by atoms with Crippen LogP contribution >= 0.6 is 22.6 Å². The van der Waals surface area contributed by atoms with Gasteiger partial charge in [0.1, 0.15) is 0 Å². The van der Waals surface area contributed by atoms with Crippen molar-refractivity contribution in [1.82, 2.24) is 4.90 Å². The number of benzene rings is 1. The predicted molar refractivity (Wildman–Crippen MR) is 68.2 cm³/mol. The summed E-state index contributed by atoms with van der Waals surface area (Å²) in [5, 5.41) is 0. The van der Waals surface area contributed by atoms with Crippen LogP contribution in [0.4, 0.5) is 4.79 Å². The lowest BCUT2D eigenvalue weighted by Crippen LogP contribution is -2.38. The number of halogens is 1. The second kappa shape index (κ2) is 5.92. The first-order chi connectivity index (χ1) is 7.13. The molecule has 0 saturated carbocycles. The van der Waals surface area contributed by atoms with Crippen LogP contribution in [-0.2, 0) is 6.54 Å². The van der Waals surface area contributed by atoms with Gasteiger partial charge in [-0.1, -0.05) is 12.1 Å². The van der Waals surface area contributed by atoms with Gasteiger partial charge in [-0.15, -0.1) is 0 Å². The first kappa shape index (κ1) is 12.3. The molecule has 0 saturated heterocycles. The zero-order valence-electron chi connectivity index (χ0n) is 8.32. The lowest BCUT2D eigenvalue weighted by Gasteiger charge is -2.19. The van der Waals surface area contributed by atoms with Gasteiger partial charge in [0.05, 0.1) is 0 Å². The molecule has 0 aliphatic heterocycles. The number of amides is 2. The molecule has 1 rings (SSSR count). The second-order valence-corrected chi connectivity index (χ2v) is 4.42. The average Bonchev–Trinajstić information content (AvgIpc) is 2.20. The van der Waals surface area contributed by atoms with Crippen molar-refractivity contribution in [3.05, 3.63) is 33.4 Å². The number of rotatable bonds is 4. The standard InChI is InChI=1S/C10H14IN3O/c11-9-3-1-8(2-4-9)7-14(6-5-12)10(13)15/h1-4H,5-7,12H2,(H2,13,15). The van der Waals surface area contributed by atoms with Crippen molar-refractivity contribution in [2.24, 2.45) is 11.5 Å². The van der Waals surface area contributed by atoms with E-state index in [4.69, 9.17) is 11.5 Å². The van der Waals surface area contributed by atoms with Crippen molar-refractivity contribution in [2.45, 2.75) is 6.54 Å². The Labute approximate surface area is 103 Å². The number of nitrogens with zero attached hydrogens (tertiary/aromatic N) is 1. The Balaban J connectivity index is 2.65. The minimum atomic E-state index is -0.431. The zero-order chi connectivity index (χ0) is 11.3. The fourth-order valence-corrected chi connectivity index (χ4v) is 1.59. The first-order valence-electron chi connectivity index (χ1n) is 4.62. The molecule has 15 heavy (non-hydrogen) atoms. The maximum Gasteiger partial charge on any atom is 0.315 e. The summed E-state index contributed by atoms with van der Waals surface area (Å²) >= 11 is 2.23. The van der Waals surface area contributed by atoms with E-state index in [1.54, 1.807) is 0 Å². The monoisotopic (exact) mass is 319 g/mol. The Bertz CT molecular complexity index is 326. The number of hydrogen-bond acceptors (Lipinski definition) is 2. The Morgan fingerprint density at radius 3 is 2.40 bits per heavy atom. The minimum absolute atomic E-state index is 0.424. The largest absolute Gasteiger partial charge is 0.351 e. The van der Waals surface area contributed by atoms with E-state index in [0.29, 0.717) is 19.6 Å². The molecule has 82 valence electrons. The van der Waals surface area contributed by atoms with Gasteiger partial charge < -0.3 is 16.4 Å². The van der Waals surface area contributed by atoms with E-state index in [1.165, 1.54) is 8.47 Å². The van der Waals surface area contributed by atoms with Crippen LogP contribution in [0.25, 0.3) is 0 Å². The van der Waals surface area contributed by atoms with E-state index in [2.05, 4.69) is 22.6 Å². The Kier molecular flexibility index (Phi) is 4.83. The number of primary amides is 1. The zero-order valence-corrected chi connectivity index (χ0v) is 10.5. The molecule has 0 atom stereocenters. The molecule has 5 heteroatoms. The Hall–Kier alpha value is -0.820. The summed E-state index contributed by atoms with van der Waals surface area (Å²) in [6.07, 6.45) is 0. The summed E-state index contributed by atoms with van der Waals surface area (Å²) in [5.41, 5.74) is 11.7. The summed E-state index contributed by atoms with van der Waals surface area (Å²) in [6.45, 7) is 1.43. The molecule has 2 amide bonds. The van der Waals surface area contributed by atoms with E-state index < -0.39 is 6.03 Å². The van der Waals surface area contributed by atoms with Gasteiger partial charge in [0.2, 0.25) is 0 Å². The molecule has 0 aromatic heterocycles. The number of carbonyl (C=O) groups excluding carboxylic acids is 1. The van der Waals surface area contributed by atoms with Crippen molar-refractivity contribution >= 4 is 28.6 Å². The summed E-state index contributed by atoms with van der Waals surface area (Å²) in [4.78, 5) is 12.6. The van der Waals surface area contributed by atoms with Crippen LogP contribution in [0.5, 0.6) is 0 Å². The van der Waals surface area contributed by atoms with E-state index in [1.807, 2.05) is 24.3 Å². The highest BCUT2D eigenvalue weighted by Gasteiger charge is 2.08. The van der Waals surface area contributed by atoms with E-state index in [9.17, 15) is 4.79 Å². The molecule has 0 spiro atoms. The molecule has 0 aliphatic carbocycles. The van der Waals surface area contributed by atoms with Crippen LogP contribution < -0.4 is 11.5 Å². The molecule has 4 nitrogen and oxygen atoms in total. The van der Waals surface area contributed by atoms with Crippen LogP contribution in [0, 0.1) is 3.57 Å². The highest BCUT2D eigenvalue weighted by atomic mass is 127. The SMILES string of the molecule is NCCN(Cc1ccc(I)cc1)C(N)=O. The maximum atomic E-state index is 11.1. The fraction of sp³-hybridized carbons (Fsp3) is 0.300. The summed E-state index contributed by atoms with van der Waals surface area (Å²) < 4.78 is 1.17. The highest BCUT2D eigenvalue weighted by molar-refractivity contribution is 14.1. The third-order valence-electron chi connectivity index (χ3n) is 2.00. The molecule has 0 unspecified atom stereocenters. The van der Waals surface area contributed by atoms with Gasteiger partial charge in [-0.3, -0.25) is 0 Å². The predicted octanol–water partition coefficient (Wildman–Crippen LogP) is 1.13. The molecule has 0 radical (unpaired) electrons. The van der Waals surface area contributed by atoms with Crippen molar-refractivity contribution in [3.8, 4) is 0 Å². The van der Waals surface area contributed by atoms with Crippen LogP contribution in [0.2, 0.25) is 0 Å². The van der Waals surface area contributed by atoms with E-state index >= 15 is 0 Å². The second-order valence-electron chi connectivity index (χ2n) is 3.17. The lowest BCUT2D eigenvalue weighted by molar-refractivity contribution is 0.206. The third-order valence-corrected chi connectivity index (χ3v) is 2.72. The topological polar surface area (TPSA) is 72.3 Å². The smallest absolute Gasteiger partial charge is 0.315 e. The minimum Gasteiger partial charge on any atom is -0.351 e. The van der Waals surface area contributed by atoms with Gasteiger partial charge in [0, 0.05) is 23.2 Å². The van der Waals surface area contributed by atoms with Gasteiger partial charge in [-0.05, 0) is 40.3 Å². The third kappa shape index (κ3) is 4.05. The lowest BCUT2D eigenvalue weighted by atomic mass is 10.2. The Morgan fingerprint density at radius 1 is 1.33 bits per heavy atom. The summed E-state index contributed by atoms with van der Waals surface area (Å²) in [5.74, 6) is 0. The molecule has 0 heterocycles. The average molecular weight is 319 g/mol. The van der Waals surface area contributed by atoms with Crippen LogP contribution in [0.15, 0.2) is 24.3 Å². The van der Waals surface area contributed by atoms with Crippen molar-refractivity contribution in [2.75, 3.05) is 13.1 Å². The normalized spacial score (nSPS) is 10.0. The van der Waals surface area contributed by atoms with E-state index in [-0.39, 0.29) is 0 Å². The van der Waals surface area contributed by atoms with Gasteiger partial charge in [0.25, 0.3) is 0 Å². The molecule has 1 aromatic carbocycles. The number of nitrogens with two attached hydrogens (primary N) is 2. The molecular weight excluding hydrogens is 305 g/mol. The molecule has 0 bridgehead atoms. The van der Waals surface area contributed by atoms with E-state index in [0.717, 1.165) is 5.56 Å². The van der Waals surface area contributed by atoms with Crippen LogP contribution in [0.3, 0.4) is 0 Å². The number of hydrogen-bond donors (Lipinski definition) is 2. The quantitative estimate of drug-likeness (QED) is 0.817. The molecular formula is C10H14IN3O. The van der Waals surface area contributed by atoms with Crippen LogP contribution in [0.1, 0.15) is 5.56 Å². The number of carbonyl (C=O) groups is 1.